The Morgan fingerprint density at radius 2 is 2.26 bits per heavy atom. The third-order valence-electron chi connectivity index (χ3n) is 5.00. The van der Waals surface area contributed by atoms with Crippen LogP contribution in [-0.2, 0) is 11.2 Å². The minimum atomic E-state index is -0.313. The van der Waals surface area contributed by atoms with Crippen LogP contribution in [-0.4, -0.2) is 32.5 Å². The maximum Gasteiger partial charge on any atom is 0.340 e. The molecule has 1 aliphatic heterocycles. The summed E-state index contributed by atoms with van der Waals surface area (Å²) in [6.45, 7) is 0.741. The summed E-state index contributed by atoms with van der Waals surface area (Å²) in [5.74, 6) is 1.78. The highest BCUT2D eigenvalue weighted by Crippen LogP contribution is 2.49. The van der Waals surface area contributed by atoms with Crippen molar-refractivity contribution >= 4 is 5.91 Å². The molecule has 2 fully saturated rings. The minimum absolute atomic E-state index is 0.0988. The van der Waals surface area contributed by atoms with E-state index >= 15 is 0 Å². The lowest BCUT2D eigenvalue weighted by atomic mass is 9.94. The van der Waals surface area contributed by atoms with Gasteiger partial charge in [0.25, 0.3) is 0 Å². The Balaban J connectivity index is 1.51. The Morgan fingerprint density at radius 1 is 1.39 bits per heavy atom. The van der Waals surface area contributed by atoms with Crippen LogP contribution in [0.4, 0.5) is 0 Å². The molecular weight excluding hydrogens is 296 g/mol. The summed E-state index contributed by atoms with van der Waals surface area (Å²) in [5.41, 5.74) is 0.716. The van der Waals surface area contributed by atoms with Gasteiger partial charge in [0.2, 0.25) is 5.91 Å². The number of furan rings is 1. The highest BCUT2D eigenvalue weighted by molar-refractivity contribution is 5.77. The van der Waals surface area contributed by atoms with Gasteiger partial charge in [-0.25, -0.2) is 9.89 Å². The van der Waals surface area contributed by atoms with Gasteiger partial charge in [0.15, 0.2) is 5.82 Å². The van der Waals surface area contributed by atoms with Crippen molar-refractivity contribution in [3.8, 4) is 0 Å². The van der Waals surface area contributed by atoms with Crippen LogP contribution >= 0.6 is 0 Å². The lowest BCUT2D eigenvalue weighted by molar-refractivity contribution is -0.132. The Bertz CT molecular complexity index is 729. The maximum atomic E-state index is 12.7. The molecule has 1 saturated heterocycles. The molecule has 1 aliphatic carbocycles. The molecule has 2 unspecified atom stereocenters. The van der Waals surface area contributed by atoms with E-state index in [0.717, 1.165) is 18.5 Å². The molecule has 2 aromatic heterocycles. The summed E-state index contributed by atoms with van der Waals surface area (Å²) in [4.78, 5) is 28.7. The van der Waals surface area contributed by atoms with Crippen LogP contribution < -0.4 is 5.69 Å². The number of H-pyrrole nitrogens is 2. The summed E-state index contributed by atoms with van der Waals surface area (Å²) in [7, 11) is 0. The predicted octanol–water partition coefficient (Wildman–Crippen LogP) is 1.62. The molecule has 7 heteroatoms. The van der Waals surface area contributed by atoms with E-state index in [1.54, 1.807) is 12.5 Å². The van der Waals surface area contributed by atoms with E-state index in [9.17, 15) is 9.59 Å². The SMILES string of the molecule is O=C(CCc1ccoc1)N1CCC(C2CC2)C1c1n[nH]c(=O)[nH]1. The molecule has 3 heterocycles. The van der Waals surface area contributed by atoms with E-state index in [4.69, 9.17) is 4.42 Å². The molecule has 4 rings (SSSR count). The summed E-state index contributed by atoms with van der Waals surface area (Å²) in [6.07, 6.45) is 7.83. The van der Waals surface area contributed by atoms with Gasteiger partial charge in [-0.05, 0) is 49.1 Å². The minimum Gasteiger partial charge on any atom is -0.472 e. The fourth-order valence-electron chi connectivity index (χ4n) is 3.72. The quantitative estimate of drug-likeness (QED) is 0.876. The van der Waals surface area contributed by atoms with Crippen LogP contribution in [0, 0.1) is 11.8 Å². The summed E-state index contributed by atoms with van der Waals surface area (Å²) in [6, 6.07) is 1.78. The highest BCUT2D eigenvalue weighted by Gasteiger charge is 2.46. The van der Waals surface area contributed by atoms with Crippen LogP contribution in [0.25, 0.3) is 0 Å². The van der Waals surface area contributed by atoms with Crippen molar-refractivity contribution in [3.05, 3.63) is 40.5 Å². The molecule has 122 valence electrons. The van der Waals surface area contributed by atoms with E-state index in [0.29, 0.717) is 30.5 Å². The molecule has 0 bridgehead atoms. The van der Waals surface area contributed by atoms with E-state index in [1.165, 1.54) is 12.8 Å². The predicted molar refractivity (Wildman–Crippen MR) is 81.5 cm³/mol. The molecular formula is C16H20N4O3. The normalized spacial score (nSPS) is 24.3. The van der Waals surface area contributed by atoms with Crippen molar-refractivity contribution in [1.82, 2.24) is 20.1 Å². The van der Waals surface area contributed by atoms with E-state index in [1.807, 2.05) is 11.0 Å². The molecule has 1 saturated carbocycles. The third kappa shape index (κ3) is 2.83. The van der Waals surface area contributed by atoms with E-state index < -0.39 is 0 Å². The average molecular weight is 316 g/mol. The fourth-order valence-corrected chi connectivity index (χ4v) is 3.72. The molecule has 2 aromatic rings. The lowest BCUT2D eigenvalue weighted by Crippen LogP contribution is -2.33. The number of hydrogen-bond acceptors (Lipinski definition) is 4. The van der Waals surface area contributed by atoms with Crippen molar-refractivity contribution in [1.29, 1.82) is 0 Å². The van der Waals surface area contributed by atoms with Crippen molar-refractivity contribution in [2.45, 2.75) is 38.1 Å². The number of aromatic nitrogens is 3. The number of hydrogen-bond donors (Lipinski definition) is 2. The second-order valence-corrected chi connectivity index (χ2v) is 6.52. The number of carbonyl (C=O) groups excluding carboxylic acids is 1. The summed E-state index contributed by atoms with van der Waals surface area (Å²) in [5, 5.41) is 6.53. The van der Waals surface area contributed by atoms with Crippen molar-refractivity contribution < 1.29 is 9.21 Å². The Hall–Kier alpha value is -2.31. The molecule has 2 N–H and O–H groups in total. The second-order valence-electron chi connectivity index (χ2n) is 6.52. The number of rotatable bonds is 5. The van der Waals surface area contributed by atoms with Crippen molar-refractivity contribution in [3.63, 3.8) is 0 Å². The van der Waals surface area contributed by atoms with Crippen LogP contribution in [0.5, 0.6) is 0 Å². The van der Waals surface area contributed by atoms with Crippen LogP contribution in [0.15, 0.2) is 27.8 Å². The lowest BCUT2D eigenvalue weighted by Gasteiger charge is -2.26. The zero-order chi connectivity index (χ0) is 15.8. The van der Waals surface area contributed by atoms with Gasteiger partial charge in [-0.3, -0.25) is 9.78 Å². The number of carbonyl (C=O) groups is 1. The first-order chi connectivity index (χ1) is 11.2. The third-order valence-corrected chi connectivity index (χ3v) is 5.00. The maximum absolute atomic E-state index is 12.7. The number of nitrogens with one attached hydrogen (secondary N) is 2. The zero-order valence-corrected chi connectivity index (χ0v) is 12.8. The Labute approximate surface area is 133 Å². The smallest absolute Gasteiger partial charge is 0.340 e. The molecule has 7 nitrogen and oxygen atoms in total. The van der Waals surface area contributed by atoms with E-state index in [-0.39, 0.29) is 17.6 Å². The number of amides is 1. The summed E-state index contributed by atoms with van der Waals surface area (Å²) < 4.78 is 5.04. The zero-order valence-electron chi connectivity index (χ0n) is 12.8. The fraction of sp³-hybridized carbons (Fsp3) is 0.562. The Morgan fingerprint density at radius 3 is 2.91 bits per heavy atom. The van der Waals surface area contributed by atoms with Crippen LogP contribution in [0.1, 0.15) is 43.1 Å². The number of nitrogens with zero attached hydrogens (tertiary/aromatic N) is 2. The second kappa shape index (κ2) is 5.72. The first-order valence-electron chi connectivity index (χ1n) is 8.17. The molecule has 0 spiro atoms. The van der Waals surface area contributed by atoms with Crippen molar-refractivity contribution in [2.24, 2.45) is 11.8 Å². The van der Waals surface area contributed by atoms with Gasteiger partial charge in [0.1, 0.15) is 0 Å². The van der Waals surface area contributed by atoms with Gasteiger partial charge in [-0.15, -0.1) is 0 Å². The molecule has 0 radical (unpaired) electrons. The highest BCUT2D eigenvalue weighted by atomic mass is 16.3. The van der Waals surface area contributed by atoms with Gasteiger partial charge in [0.05, 0.1) is 18.6 Å². The number of aromatic amines is 2. The first kappa shape index (κ1) is 14.3. The van der Waals surface area contributed by atoms with Gasteiger partial charge in [-0.1, -0.05) is 0 Å². The molecule has 0 aromatic carbocycles. The average Bonchev–Trinajstić information content (AvgIpc) is 2.95. The molecule has 1 amide bonds. The van der Waals surface area contributed by atoms with Crippen molar-refractivity contribution in [2.75, 3.05) is 6.54 Å². The number of likely N-dealkylation sites (tertiary alicyclic amines) is 1. The molecule has 23 heavy (non-hydrogen) atoms. The van der Waals surface area contributed by atoms with Gasteiger partial charge in [-0.2, -0.15) is 5.10 Å². The van der Waals surface area contributed by atoms with Crippen LogP contribution in [0.3, 0.4) is 0 Å². The van der Waals surface area contributed by atoms with Gasteiger partial charge < -0.3 is 9.32 Å². The topological polar surface area (TPSA) is 95.0 Å². The van der Waals surface area contributed by atoms with Crippen LogP contribution in [0.2, 0.25) is 0 Å². The van der Waals surface area contributed by atoms with E-state index in [2.05, 4.69) is 15.2 Å². The summed E-state index contributed by atoms with van der Waals surface area (Å²) >= 11 is 0. The molecule has 2 atom stereocenters. The first-order valence-corrected chi connectivity index (χ1v) is 8.17. The van der Waals surface area contributed by atoms with Gasteiger partial charge in [0, 0.05) is 13.0 Å². The monoisotopic (exact) mass is 316 g/mol. The van der Waals surface area contributed by atoms with Gasteiger partial charge >= 0.3 is 5.69 Å². The standard InChI is InChI=1S/C16H20N4O3/c21-13(4-1-10-6-8-23-9-10)20-7-5-12(11-2-3-11)14(20)15-17-16(22)19-18-15/h6,8-9,11-12,14H,1-5,7H2,(H2,17,18,19,22). The Kier molecular flexibility index (Phi) is 3.55. The molecule has 2 aliphatic rings. The number of aryl methyl sites for hydroxylation is 1. The largest absolute Gasteiger partial charge is 0.472 e.